The lowest BCUT2D eigenvalue weighted by atomic mass is 10.1. The maximum Gasteiger partial charge on any atom is 0.146 e. The molecule has 0 spiro atoms. The Morgan fingerprint density at radius 2 is 2.08 bits per heavy atom. The number of rotatable bonds is 3. The van der Waals surface area contributed by atoms with E-state index >= 15 is 0 Å². The van der Waals surface area contributed by atoms with Crippen molar-refractivity contribution < 1.29 is 4.74 Å². The fourth-order valence-corrected chi connectivity index (χ4v) is 3.88. The van der Waals surface area contributed by atoms with Crippen LogP contribution in [0.3, 0.4) is 0 Å². The summed E-state index contributed by atoms with van der Waals surface area (Å²) in [5.74, 6) is 0.787. The number of thiazole rings is 1. The standard InChI is InChI=1S/C19H19N5OS/c1-12-18(26-19(21-12)13-5-4-9-20-11-13)15-6-7-16-17(22-15)14(8-10-25-16)23-24(2)3/h4-7,9,11H,8,10H2,1-3H3. The molecule has 4 rings (SSSR count). The van der Waals surface area contributed by atoms with Gasteiger partial charge in [0.1, 0.15) is 16.5 Å². The summed E-state index contributed by atoms with van der Waals surface area (Å²) in [6, 6.07) is 7.91. The molecule has 3 aromatic heterocycles. The van der Waals surface area contributed by atoms with E-state index in [-0.39, 0.29) is 0 Å². The highest BCUT2D eigenvalue weighted by Gasteiger charge is 2.21. The van der Waals surface area contributed by atoms with Crippen molar-refractivity contribution in [1.82, 2.24) is 20.0 Å². The highest BCUT2D eigenvalue weighted by atomic mass is 32.1. The maximum absolute atomic E-state index is 5.75. The fourth-order valence-electron chi connectivity index (χ4n) is 2.86. The number of ether oxygens (including phenoxy) is 1. The first kappa shape index (κ1) is 16.7. The van der Waals surface area contributed by atoms with Gasteiger partial charge in [-0.2, -0.15) is 5.10 Å². The van der Waals surface area contributed by atoms with Crippen LogP contribution >= 0.6 is 11.3 Å². The molecule has 132 valence electrons. The van der Waals surface area contributed by atoms with E-state index in [0.717, 1.165) is 50.4 Å². The van der Waals surface area contributed by atoms with Crippen LogP contribution in [-0.2, 0) is 0 Å². The molecule has 0 atom stereocenters. The molecule has 0 aromatic carbocycles. The van der Waals surface area contributed by atoms with E-state index in [1.807, 2.05) is 51.5 Å². The van der Waals surface area contributed by atoms with Gasteiger partial charge in [0, 0.05) is 38.5 Å². The minimum Gasteiger partial charge on any atom is -0.491 e. The molecule has 26 heavy (non-hydrogen) atoms. The van der Waals surface area contributed by atoms with E-state index in [9.17, 15) is 0 Å². The molecule has 0 unspecified atom stereocenters. The minimum atomic E-state index is 0.630. The molecular weight excluding hydrogens is 346 g/mol. The Balaban J connectivity index is 1.77. The molecule has 6 nitrogen and oxygen atoms in total. The maximum atomic E-state index is 5.75. The zero-order valence-corrected chi connectivity index (χ0v) is 15.7. The predicted molar refractivity (Wildman–Crippen MR) is 104 cm³/mol. The Kier molecular flexibility index (Phi) is 4.38. The molecule has 7 heteroatoms. The Bertz CT molecular complexity index is 965. The molecule has 0 amide bonds. The number of hydrazone groups is 1. The summed E-state index contributed by atoms with van der Waals surface area (Å²) in [6.45, 7) is 2.64. The highest BCUT2D eigenvalue weighted by Crippen LogP contribution is 2.36. The van der Waals surface area contributed by atoms with Crippen molar-refractivity contribution in [3.8, 4) is 26.9 Å². The van der Waals surface area contributed by atoms with Crippen LogP contribution in [-0.4, -0.2) is 46.4 Å². The molecule has 0 saturated heterocycles. The normalized spacial score (nSPS) is 14.8. The first-order valence-electron chi connectivity index (χ1n) is 8.39. The molecule has 3 aromatic rings. The molecule has 0 N–H and O–H groups in total. The van der Waals surface area contributed by atoms with Crippen LogP contribution in [0.1, 0.15) is 17.8 Å². The van der Waals surface area contributed by atoms with E-state index in [1.165, 1.54) is 0 Å². The molecular formula is C19H19N5OS. The minimum absolute atomic E-state index is 0.630. The summed E-state index contributed by atoms with van der Waals surface area (Å²) in [6.07, 6.45) is 4.35. The van der Waals surface area contributed by atoms with Gasteiger partial charge in [0.25, 0.3) is 0 Å². The third kappa shape index (κ3) is 3.17. The van der Waals surface area contributed by atoms with Gasteiger partial charge in [-0.3, -0.25) is 4.98 Å². The van der Waals surface area contributed by atoms with Crippen molar-refractivity contribution in [2.75, 3.05) is 20.7 Å². The number of nitrogens with zero attached hydrogens (tertiary/aromatic N) is 5. The number of hydrogen-bond donors (Lipinski definition) is 0. The molecule has 0 bridgehead atoms. The van der Waals surface area contributed by atoms with E-state index < -0.39 is 0 Å². The zero-order chi connectivity index (χ0) is 18.1. The van der Waals surface area contributed by atoms with Crippen molar-refractivity contribution >= 4 is 17.0 Å². The summed E-state index contributed by atoms with van der Waals surface area (Å²) in [5, 5.41) is 7.33. The molecule has 4 heterocycles. The Hall–Kier alpha value is -2.80. The van der Waals surface area contributed by atoms with Gasteiger partial charge in [-0.25, -0.2) is 9.97 Å². The van der Waals surface area contributed by atoms with E-state index in [1.54, 1.807) is 22.5 Å². The number of pyridine rings is 2. The quantitative estimate of drug-likeness (QED) is 0.663. The van der Waals surface area contributed by atoms with Gasteiger partial charge >= 0.3 is 0 Å². The van der Waals surface area contributed by atoms with Crippen molar-refractivity contribution in [3.63, 3.8) is 0 Å². The zero-order valence-electron chi connectivity index (χ0n) is 14.9. The topological polar surface area (TPSA) is 63.5 Å². The third-order valence-electron chi connectivity index (χ3n) is 3.99. The molecule has 1 aliphatic heterocycles. The Labute approximate surface area is 156 Å². The largest absolute Gasteiger partial charge is 0.491 e. The summed E-state index contributed by atoms with van der Waals surface area (Å²) < 4.78 is 5.75. The first-order valence-corrected chi connectivity index (χ1v) is 9.20. The van der Waals surface area contributed by atoms with E-state index in [2.05, 4.69) is 10.1 Å². The lowest BCUT2D eigenvalue weighted by Gasteiger charge is -2.20. The lowest BCUT2D eigenvalue weighted by Crippen LogP contribution is -2.20. The van der Waals surface area contributed by atoms with Crippen LogP contribution in [0.15, 0.2) is 41.8 Å². The van der Waals surface area contributed by atoms with Crippen LogP contribution < -0.4 is 4.74 Å². The Morgan fingerprint density at radius 1 is 1.19 bits per heavy atom. The molecule has 0 fully saturated rings. The number of fused-ring (bicyclic) bond motifs is 1. The summed E-state index contributed by atoms with van der Waals surface area (Å²) in [5.41, 5.74) is 4.64. The monoisotopic (exact) mass is 365 g/mol. The second-order valence-electron chi connectivity index (χ2n) is 6.21. The van der Waals surface area contributed by atoms with Gasteiger partial charge in [-0.15, -0.1) is 11.3 Å². The molecule has 1 aliphatic rings. The van der Waals surface area contributed by atoms with Crippen molar-refractivity contribution in [2.45, 2.75) is 13.3 Å². The van der Waals surface area contributed by atoms with Gasteiger partial charge in [0.05, 0.1) is 28.6 Å². The summed E-state index contributed by atoms with van der Waals surface area (Å²) in [4.78, 5) is 14.8. The smallest absolute Gasteiger partial charge is 0.146 e. The van der Waals surface area contributed by atoms with Crippen molar-refractivity contribution in [3.05, 3.63) is 48.0 Å². The number of aromatic nitrogens is 3. The first-order chi connectivity index (χ1) is 12.6. The van der Waals surface area contributed by atoms with Crippen LogP contribution in [0.25, 0.3) is 21.1 Å². The fraction of sp³-hybridized carbons (Fsp3) is 0.263. The van der Waals surface area contributed by atoms with Gasteiger partial charge < -0.3 is 9.75 Å². The average Bonchev–Trinajstić information content (AvgIpc) is 3.04. The van der Waals surface area contributed by atoms with Crippen molar-refractivity contribution in [2.24, 2.45) is 5.10 Å². The van der Waals surface area contributed by atoms with Crippen LogP contribution in [0.4, 0.5) is 0 Å². The van der Waals surface area contributed by atoms with Gasteiger partial charge in [-0.05, 0) is 31.2 Å². The van der Waals surface area contributed by atoms with Gasteiger partial charge in [0.2, 0.25) is 0 Å². The van der Waals surface area contributed by atoms with Crippen LogP contribution in [0, 0.1) is 6.92 Å². The third-order valence-corrected chi connectivity index (χ3v) is 5.22. The highest BCUT2D eigenvalue weighted by molar-refractivity contribution is 7.18. The molecule has 0 radical (unpaired) electrons. The van der Waals surface area contributed by atoms with E-state index in [4.69, 9.17) is 14.7 Å². The summed E-state index contributed by atoms with van der Waals surface area (Å²) in [7, 11) is 3.83. The molecule has 0 saturated carbocycles. The van der Waals surface area contributed by atoms with Crippen molar-refractivity contribution in [1.29, 1.82) is 0 Å². The second kappa shape index (κ2) is 6.84. The van der Waals surface area contributed by atoms with E-state index in [0.29, 0.717) is 6.61 Å². The van der Waals surface area contributed by atoms with Crippen LogP contribution in [0.2, 0.25) is 0 Å². The lowest BCUT2D eigenvalue weighted by molar-refractivity contribution is 0.315. The SMILES string of the molecule is Cc1nc(-c2cccnc2)sc1-c1ccc2c(n1)C(=NN(C)C)CCO2. The Morgan fingerprint density at radius 3 is 2.85 bits per heavy atom. The second-order valence-corrected chi connectivity index (χ2v) is 7.21. The van der Waals surface area contributed by atoms with Crippen LogP contribution in [0.5, 0.6) is 5.75 Å². The van der Waals surface area contributed by atoms with Gasteiger partial charge in [-0.1, -0.05) is 0 Å². The predicted octanol–water partition coefficient (Wildman–Crippen LogP) is 3.62. The number of hydrogen-bond acceptors (Lipinski definition) is 7. The summed E-state index contributed by atoms with van der Waals surface area (Å²) >= 11 is 1.63. The number of aryl methyl sites for hydroxylation is 1. The average molecular weight is 365 g/mol. The molecule has 0 aliphatic carbocycles. The van der Waals surface area contributed by atoms with Gasteiger partial charge in [0.15, 0.2) is 0 Å².